The summed E-state index contributed by atoms with van der Waals surface area (Å²) in [5, 5.41) is 3.22. The van der Waals surface area contributed by atoms with Crippen LogP contribution in [0.15, 0.2) is 0 Å². The quantitative estimate of drug-likeness (QED) is 0.622. The number of ether oxygens (including phenoxy) is 2. The van der Waals surface area contributed by atoms with Gasteiger partial charge in [-0.25, -0.2) is 9.59 Å². The van der Waals surface area contributed by atoms with Gasteiger partial charge in [0.1, 0.15) is 5.60 Å². The van der Waals surface area contributed by atoms with E-state index in [0.717, 1.165) is 0 Å². The van der Waals surface area contributed by atoms with Crippen molar-refractivity contribution in [1.29, 1.82) is 0 Å². The van der Waals surface area contributed by atoms with Gasteiger partial charge in [-0.2, -0.15) is 0 Å². The van der Waals surface area contributed by atoms with E-state index in [9.17, 15) is 19.2 Å². The van der Waals surface area contributed by atoms with Gasteiger partial charge in [0.25, 0.3) is 11.8 Å². The summed E-state index contributed by atoms with van der Waals surface area (Å²) in [6, 6.07) is 0. The van der Waals surface area contributed by atoms with Crippen LogP contribution in [-0.4, -0.2) is 54.3 Å². The van der Waals surface area contributed by atoms with E-state index in [1.165, 1.54) is 0 Å². The van der Waals surface area contributed by atoms with Gasteiger partial charge in [0.05, 0.1) is 18.6 Å². The first kappa shape index (κ1) is 23.9. The average molecular weight is 400 g/mol. The van der Waals surface area contributed by atoms with E-state index in [4.69, 9.17) is 14.3 Å². The van der Waals surface area contributed by atoms with Crippen LogP contribution in [0.3, 0.4) is 0 Å². The standard InChI is InChI=1S/C19H32N2O7/c1-17(2,3)27-16(25)20-10-18(4,5)11-26-12-19(6,7)15(24)28-21-13(22)8-9-14(21)23/h8-12H2,1-7H3,(H,20,25). The van der Waals surface area contributed by atoms with Crippen LogP contribution < -0.4 is 5.32 Å². The fourth-order valence-electron chi connectivity index (χ4n) is 2.18. The van der Waals surface area contributed by atoms with Crippen LogP contribution in [0, 0.1) is 10.8 Å². The molecule has 1 rings (SSSR count). The van der Waals surface area contributed by atoms with Crippen LogP contribution in [0.25, 0.3) is 0 Å². The molecule has 1 fully saturated rings. The number of amides is 3. The minimum atomic E-state index is -1.06. The van der Waals surface area contributed by atoms with Crippen molar-refractivity contribution < 1.29 is 33.5 Å². The number of nitrogens with one attached hydrogen (secondary N) is 1. The van der Waals surface area contributed by atoms with Crippen LogP contribution in [0.4, 0.5) is 4.79 Å². The Bertz CT molecular complexity index is 604. The van der Waals surface area contributed by atoms with Gasteiger partial charge in [0, 0.05) is 24.8 Å². The predicted molar refractivity (Wildman–Crippen MR) is 99.8 cm³/mol. The number of hydroxylamine groups is 2. The maximum atomic E-state index is 12.3. The normalized spacial score (nSPS) is 15.6. The zero-order valence-electron chi connectivity index (χ0n) is 17.8. The van der Waals surface area contributed by atoms with E-state index in [1.807, 2.05) is 13.8 Å². The number of carbonyl (C=O) groups is 4. The highest BCUT2D eigenvalue weighted by Gasteiger charge is 2.38. The molecular weight excluding hydrogens is 368 g/mol. The molecule has 160 valence electrons. The highest BCUT2D eigenvalue weighted by atomic mass is 16.7. The zero-order chi connectivity index (χ0) is 21.8. The molecule has 0 saturated carbocycles. The summed E-state index contributed by atoms with van der Waals surface area (Å²) in [5.41, 5.74) is -2.04. The summed E-state index contributed by atoms with van der Waals surface area (Å²) < 4.78 is 10.8. The van der Waals surface area contributed by atoms with E-state index >= 15 is 0 Å². The van der Waals surface area contributed by atoms with Crippen LogP contribution in [0.2, 0.25) is 0 Å². The van der Waals surface area contributed by atoms with E-state index < -0.39 is 40.3 Å². The Morgan fingerprint density at radius 3 is 2.00 bits per heavy atom. The fourth-order valence-corrected chi connectivity index (χ4v) is 2.18. The Balaban J connectivity index is 2.44. The van der Waals surface area contributed by atoms with Crippen molar-refractivity contribution in [2.45, 2.75) is 66.9 Å². The SMILES string of the molecule is CC(C)(CNC(=O)OC(C)(C)C)COCC(C)(C)C(=O)ON1C(=O)CCC1=O. The topological polar surface area (TPSA) is 111 Å². The monoisotopic (exact) mass is 400 g/mol. The number of imide groups is 1. The van der Waals surface area contributed by atoms with Gasteiger partial charge >= 0.3 is 12.1 Å². The van der Waals surface area contributed by atoms with Crippen LogP contribution in [0.5, 0.6) is 0 Å². The van der Waals surface area contributed by atoms with Gasteiger partial charge in [-0.05, 0) is 34.6 Å². The number of carbonyl (C=O) groups excluding carboxylic acids is 4. The second kappa shape index (κ2) is 8.89. The molecule has 1 aliphatic heterocycles. The molecule has 0 aromatic rings. The third-order valence-electron chi connectivity index (χ3n) is 3.80. The molecule has 0 aliphatic carbocycles. The second-order valence-corrected chi connectivity index (χ2v) is 9.36. The molecule has 1 heterocycles. The Morgan fingerprint density at radius 1 is 0.964 bits per heavy atom. The molecule has 0 aromatic carbocycles. The third-order valence-corrected chi connectivity index (χ3v) is 3.80. The van der Waals surface area contributed by atoms with Gasteiger partial charge in [-0.1, -0.05) is 13.8 Å². The highest BCUT2D eigenvalue weighted by Crippen LogP contribution is 2.23. The first-order valence-corrected chi connectivity index (χ1v) is 9.26. The summed E-state index contributed by atoms with van der Waals surface area (Å²) in [5.74, 6) is -1.77. The Morgan fingerprint density at radius 2 is 1.50 bits per heavy atom. The van der Waals surface area contributed by atoms with Crippen LogP contribution >= 0.6 is 0 Å². The fraction of sp³-hybridized carbons (Fsp3) is 0.789. The molecule has 9 heteroatoms. The van der Waals surface area contributed by atoms with E-state index in [-0.39, 0.29) is 26.1 Å². The number of nitrogens with zero attached hydrogens (tertiary/aromatic N) is 1. The molecule has 0 aromatic heterocycles. The predicted octanol–water partition coefficient (Wildman–Crippen LogP) is 2.19. The molecule has 1 N–H and O–H groups in total. The van der Waals surface area contributed by atoms with E-state index in [2.05, 4.69) is 5.32 Å². The molecule has 0 unspecified atom stereocenters. The van der Waals surface area contributed by atoms with Crippen molar-refractivity contribution in [3.05, 3.63) is 0 Å². The lowest BCUT2D eigenvalue weighted by atomic mass is 9.93. The number of rotatable bonds is 8. The molecule has 9 nitrogen and oxygen atoms in total. The summed E-state index contributed by atoms with van der Waals surface area (Å²) in [7, 11) is 0. The summed E-state index contributed by atoms with van der Waals surface area (Å²) in [6.07, 6.45) is -0.423. The minimum absolute atomic E-state index is 0.0257. The summed E-state index contributed by atoms with van der Waals surface area (Å²) >= 11 is 0. The Hall–Kier alpha value is -2.16. The molecule has 0 radical (unpaired) electrons. The number of hydrogen-bond donors (Lipinski definition) is 1. The number of alkyl carbamates (subject to hydrolysis) is 1. The molecule has 3 amide bonds. The zero-order valence-corrected chi connectivity index (χ0v) is 17.8. The van der Waals surface area contributed by atoms with Gasteiger partial charge < -0.3 is 19.6 Å². The van der Waals surface area contributed by atoms with Gasteiger partial charge in [-0.3, -0.25) is 9.59 Å². The minimum Gasteiger partial charge on any atom is -0.444 e. The molecule has 0 bridgehead atoms. The third kappa shape index (κ3) is 7.84. The van der Waals surface area contributed by atoms with Crippen molar-refractivity contribution in [2.75, 3.05) is 19.8 Å². The Labute approximate surface area is 166 Å². The van der Waals surface area contributed by atoms with Gasteiger partial charge in [-0.15, -0.1) is 5.06 Å². The first-order valence-electron chi connectivity index (χ1n) is 9.26. The smallest absolute Gasteiger partial charge is 0.407 e. The average Bonchev–Trinajstić information content (AvgIpc) is 2.83. The van der Waals surface area contributed by atoms with Crippen molar-refractivity contribution in [3.8, 4) is 0 Å². The summed E-state index contributed by atoms with van der Waals surface area (Å²) in [4.78, 5) is 52.1. The first-order chi connectivity index (χ1) is 12.6. The molecule has 0 spiro atoms. The van der Waals surface area contributed by atoms with E-state index in [0.29, 0.717) is 11.6 Å². The van der Waals surface area contributed by atoms with E-state index in [1.54, 1.807) is 34.6 Å². The lowest BCUT2D eigenvalue weighted by molar-refractivity contribution is -0.206. The largest absolute Gasteiger partial charge is 0.444 e. The van der Waals surface area contributed by atoms with Crippen molar-refractivity contribution >= 4 is 23.9 Å². The molecule has 0 atom stereocenters. The van der Waals surface area contributed by atoms with Gasteiger partial charge in [0.2, 0.25) is 0 Å². The van der Waals surface area contributed by atoms with Crippen molar-refractivity contribution in [1.82, 2.24) is 10.4 Å². The highest BCUT2D eigenvalue weighted by molar-refractivity contribution is 6.01. The molecule has 1 saturated heterocycles. The molecular formula is C19H32N2O7. The molecule has 28 heavy (non-hydrogen) atoms. The lowest BCUT2D eigenvalue weighted by Crippen LogP contribution is -2.42. The van der Waals surface area contributed by atoms with Crippen molar-refractivity contribution in [2.24, 2.45) is 10.8 Å². The van der Waals surface area contributed by atoms with Crippen LogP contribution in [0.1, 0.15) is 61.3 Å². The second-order valence-electron chi connectivity index (χ2n) is 9.36. The summed E-state index contributed by atoms with van der Waals surface area (Å²) in [6.45, 7) is 13.0. The Kier molecular flexibility index (Phi) is 7.59. The number of hydrogen-bond acceptors (Lipinski definition) is 7. The van der Waals surface area contributed by atoms with Gasteiger partial charge in [0.15, 0.2) is 0 Å². The van der Waals surface area contributed by atoms with Crippen molar-refractivity contribution in [3.63, 3.8) is 0 Å². The lowest BCUT2D eigenvalue weighted by Gasteiger charge is -2.29. The maximum absolute atomic E-state index is 12.3. The van der Waals surface area contributed by atoms with Crippen LogP contribution in [-0.2, 0) is 28.7 Å². The molecule has 1 aliphatic rings. The maximum Gasteiger partial charge on any atom is 0.407 e.